The molecule has 2 heterocycles. The molecule has 0 amide bonds. The number of benzene rings is 7. The lowest BCUT2D eigenvalue weighted by atomic mass is 9.91. The lowest BCUT2D eigenvalue weighted by molar-refractivity contribution is 1.32. The molecular formula is C37H21NS. The van der Waals surface area contributed by atoms with Crippen LogP contribution < -0.4 is 0 Å². The van der Waals surface area contributed by atoms with Gasteiger partial charge in [-0.3, -0.25) is 0 Å². The van der Waals surface area contributed by atoms with Gasteiger partial charge < -0.3 is 0 Å². The Morgan fingerprint density at radius 1 is 0.410 bits per heavy atom. The zero-order chi connectivity index (χ0) is 25.5. The van der Waals surface area contributed by atoms with E-state index in [1.807, 2.05) is 11.8 Å². The standard InChI is InChI=1S/C37H21NS/c1-2-10-26-24(8-1)25-9-3-4-11-27(25)32-20-22(16-18-28(26)32)23-17-19-29-30-13-7-15-35-36(30)37(38-33(29)21-23)31-12-5-6-14-34(31)39-35/h1-21H. The largest absolute Gasteiger partial charge is 0.247 e. The summed E-state index contributed by atoms with van der Waals surface area (Å²) in [6.45, 7) is 0. The molecule has 39 heavy (non-hydrogen) atoms. The van der Waals surface area contributed by atoms with Crippen LogP contribution in [0.5, 0.6) is 0 Å². The highest BCUT2D eigenvalue weighted by Crippen LogP contribution is 2.48. The van der Waals surface area contributed by atoms with Crippen molar-refractivity contribution in [2.45, 2.75) is 9.79 Å². The maximum Gasteiger partial charge on any atom is 0.0810 e. The van der Waals surface area contributed by atoms with Crippen molar-refractivity contribution in [3.63, 3.8) is 0 Å². The molecule has 1 aliphatic heterocycles. The highest BCUT2D eigenvalue weighted by molar-refractivity contribution is 7.99. The maximum absolute atomic E-state index is 5.30. The minimum atomic E-state index is 1.04. The number of nitrogens with zero attached hydrogens (tertiary/aromatic N) is 1. The fourth-order valence-corrected chi connectivity index (χ4v) is 7.56. The normalized spacial score (nSPS) is 12.5. The van der Waals surface area contributed by atoms with Crippen molar-refractivity contribution in [1.29, 1.82) is 0 Å². The fraction of sp³-hybridized carbons (Fsp3) is 0. The van der Waals surface area contributed by atoms with Gasteiger partial charge >= 0.3 is 0 Å². The molecule has 0 atom stereocenters. The molecule has 0 fully saturated rings. The van der Waals surface area contributed by atoms with E-state index in [1.165, 1.54) is 75.0 Å². The molecule has 0 unspecified atom stereocenters. The number of pyridine rings is 1. The van der Waals surface area contributed by atoms with Gasteiger partial charge in [-0.2, -0.15) is 0 Å². The van der Waals surface area contributed by atoms with Gasteiger partial charge in [-0.15, -0.1) is 0 Å². The first kappa shape index (κ1) is 21.3. The first-order valence-corrected chi connectivity index (χ1v) is 14.1. The predicted molar refractivity (Wildman–Crippen MR) is 167 cm³/mol. The summed E-state index contributed by atoms with van der Waals surface area (Å²) in [5, 5.41) is 11.5. The number of hydrogen-bond acceptors (Lipinski definition) is 2. The minimum absolute atomic E-state index is 1.04. The van der Waals surface area contributed by atoms with Gasteiger partial charge in [0, 0.05) is 26.1 Å². The number of fused-ring (bicyclic) bond motifs is 10. The van der Waals surface area contributed by atoms with E-state index in [2.05, 4.69) is 127 Å². The van der Waals surface area contributed by atoms with Crippen molar-refractivity contribution >= 4 is 65.8 Å². The summed E-state index contributed by atoms with van der Waals surface area (Å²) in [6, 6.07) is 46.5. The molecule has 0 aliphatic carbocycles. The van der Waals surface area contributed by atoms with E-state index in [4.69, 9.17) is 4.98 Å². The van der Waals surface area contributed by atoms with Crippen LogP contribution in [-0.2, 0) is 0 Å². The number of hydrogen-bond donors (Lipinski definition) is 0. The predicted octanol–water partition coefficient (Wildman–Crippen LogP) is 10.6. The molecule has 2 heteroatoms. The summed E-state index contributed by atoms with van der Waals surface area (Å²) in [5.74, 6) is 0. The van der Waals surface area contributed by atoms with Crippen molar-refractivity contribution in [2.75, 3.05) is 0 Å². The summed E-state index contributed by atoms with van der Waals surface area (Å²) in [5.41, 5.74) is 5.76. The molecule has 7 aromatic carbocycles. The summed E-state index contributed by atoms with van der Waals surface area (Å²) < 4.78 is 0. The van der Waals surface area contributed by atoms with Crippen LogP contribution in [0.1, 0.15) is 0 Å². The van der Waals surface area contributed by atoms with Crippen LogP contribution in [0.4, 0.5) is 0 Å². The third-order valence-corrected chi connectivity index (χ3v) is 9.36. The van der Waals surface area contributed by atoms with Crippen molar-refractivity contribution in [3.05, 3.63) is 127 Å². The molecular weight excluding hydrogens is 490 g/mol. The first-order chi connectivity index (χ1) is 19.3. The average Bonchev–Trinajstić information content (AvgIpc) is 3.01. The molecule has 9 rings (SSSR count). The Balaban J connectivity index is 1.31. The summed E-state index contributed by atoms with van der Waals surface area (Å²) in [7, 11) is 0. The van der Waals surface area contributed by atoms with Crippen LogP contribution in [0, 0.1) is 0 Å². The Morgan fingerprint density at radius 3 is 1.74 bits per heavy atom. The van der Waals surface area contributed by atoms with Crippen molar-refractivity contribution in [2.24, 2.45) is 0 Å². The molecule has 180 valence electrons. The van der Waals surface area contributed by atoms with E-state index in [0.29, 0.717) is 0 Å². The number of aromatic nitrogens is 1. The zero-order valence-corrected chi connectivity index (χ0v) is 21.8. The molecule has 0 bridgehead atoms. The number of rotatable bonds is 1. The van der Waals surface area contributed by atoms with Crippen LogP contribution in [0.25, 0.3) is 76.4 Å². The third-order valence-electron chi connectivity index (χ3n) is 8.22. The monoisotopic (exact) mass is 511 g/mol. The highest BCUT2D eigenvalue weighted by atomic mass is 32.2. The summed E-state index contributed by atoms with van der Waals surface area (Å²) in [4.78, 5) is 7.86. The van der Waals surface area contributed by atoms with Gasteiger partial charge in [0.15, 0.2) is 0 Å². The Morgan fingerprint density at radius 2 is 0.974 bits per heavy atom. The lowest BCUT2D eigenvalue weighted by Crippen LogP contribution is -1.97. The Bertz CT molecular complexity index is 2280. The summed E-state index contributed by atoms with van der Waals surface area (Å²) in [6.07, 6.45) is 0. The van der Waals surface area contributed by atoms with Crippen LogP contribution in [0.3, 0.4) is 0 Å². The van der Waals surface area contributed by atoms with E-state index >= 15 is 0 Å². The summed E-state index contributed by atoms with van der Waals surface area (Å²) >= 11 is 1.85. The Kier molecular flexibility index (Phi) is 4.33. The third kappa shape index (κ3) is 3.01. The van der Waals surface area contributed by atoms with E-state index in [0.717, 1.165) is 11.2 Å². The van der Waals surface area contributed by atoms with Gasteiger partial charge in [0.2, 0.25) is 0 Å². The molecule has 0 radical (unpaired) electrons. The van der Waals surface area contributed by atoms with Gasteiger partial charge in [0.05, 0.1) is 11.2 Å². The lowest BCUT2D eigenvalue weighted by Gasteiger charge is -2.20. The van der Waals surface area contributed by atoms with Crippen molar-refractivity contribution in [3.8, 4) is 22.4 Å². The molecule has 1 aliphatic rings. The van der Waals surface area contributed by atoms with Gasteiger partial charge in [-0.05, 0) is 73.1 Å². The van der Waals surface area contributed by atoms with Crippen LogP contribution >= 0.6 is 11.8 Å². The second kappa shape index (κ2) is 7.92. The van der Waals surface area contributed by atoms with E-state index in [9.17, 15) is 0 Å². The van der Waals surface area contributed by atoms with Gasteiger partial charge in [-0.1, -0.05) is 115 Å². The van der Waals surface area contributed by atoms with E-state index < -0.39 is 0 Å². The molecule has 0 spiro atoms. The molecule has 8 aromatic rings. The maximum atomic E-state index is 5.30. The topological polar surface area (TPSA) is 12.9 Å². The fourth-order valence-electron chi connectivity index (χ4n) is 6.44. The SMILES string of the molecule is c1ccc2c(c1)Sc1cccc3c1c-2nc1cc(-c2ccc4c5ccccc5c5ccccc5c4c2)ccc13. The van der Waals surface area contributed by atoms with Crippen LogP contribution in [-0.4, -0.2) is 4.98 Å². The second-order valence-corrected chi connectivity index (χ2v) is 11.4. The molecule has 0 saturated heterocycles. The van der Waals surface area contributed by atoms with Crippen molar-refractivity contribution < 1.29 is 0 Å². The van der Waals surface area contributed by atoms with E-state index in [-0.39, 0.29) is 0 Å². The smallest absolute Gasteiger partial charge is 0.0810 e. The Hall–Kier alpha value is -4.66. The minimum Gasteiger partial charge on any atom is -0.247 e. The highest BCUT2D eigenvalue weighted by Gasteiger charge is 2.21. The molecule has 1 nitrogen and oxygen atoms in total. The Labute approximate surface area is 229 Å². The van der Waals surface area contributed by atoms with Crippen LogP contribution in [0.2, 0.25) is 0 Å². The van der Waals surface area contributed by atoms with Crippen LogP contribution in [0.15, 0.2) is 137 Å². The van der Waals surface area contributed by atoms with Gasteiger partial charge in [0.1, 0.15) is 0 Å². The first-order valence-electron chi connectivity index (χ1n) is 13.3. The van der Waals surface area contributed by atoms with Crippen molar-refractivity contribution in [1.82, 2.24) is 4.98 Å². The molecule has 0 N–H and O–H groups in total. The van der Waals surface area contributed by atoms with E-state index in [1.54, 1.807) is 0 Å². The van der Waals surface area contributed by atoms with Gasteiger partial charge in [-0.25, -0.2) is 4.98 Å². The molecule has 0 saturated carbocycles. The van der Waals surface area contributed by atoms with Gasteiger partial charge in [0.25, 0.3) is 0 Å². The second-order valence-electron chi connectivity index (χ2n) is 10.3. The molecule has 1 aromatic heterocycles. The quantitative estimate of drug-likeness (QED) is 0.203. The average molecular weight is 512 g/mol. The zero-order valence-electron chi connectivity index (χ0n) is 21.0.